The van der Waals surface area contributed by atoms with Gasteiger partial charge in [0.2, 0.25) is 11.8 Å². The first kappa shape index (κ1) is 19.3. The third-order valence-electron chi connectivity index (χ3n) is 5.16. The van der Waals surface area contributed by atoms with E-state index in [1.54, 1.807) is 6.08 Å². The number of benzene rings is 1. The highest BCUT2D eigenvalue weighted by Crippen LogP contribution is 2.22. The molecule has 144 valence electrons. The third-order valence-corrected chi connectivity index (χ3v) is 5.16. The molecule has 1 heterocycles. The summed E-state index contributed by atoms with van der Waals surface area (Å²) in [5.41, 5.74) is 1.38. The Labute approximate surface area is 159 Å². The lowest BCUT2D eigenvalue weighted by molar-refractivity contribution is -0.138. The molecule has 0 radical (unpaired) electrons. The molecule has 3 rings (SSSR count). The molecule has 1 saturated heterocycles. The summed E-state index contributed by atoms with van der Waals surface area (Å²) in [7, 11) is 0. The van der Waals surface area contributed by atoms with Gasteiger partial charge in [0.1, 0.15) is 0 Å². The molecule has 6 nitrogen and oxygen atoms in total. The predicted octanol–water partition coefficient (Wildman–Crippen LogP) is 2.03. The van der Waals surface area contributed by atoms with Gasteiger partial charge < -0.3 is 10.4 Å². The lowest BCUT2D eigenvalue weighted by Crippen LogP contribution is -2.45. The minimum Gasteiger partial charge on any atom is -0.391 e. The fourth-order valence-electron chi connectivity index (χ4n) is 3.67. The van der Waals surface area contributed by atoms with Crippen LogP contribution in [-0.4, -0.2) is 46.4 Å². The van der Waals surface area contributed by atoms with Crippen molar-refractivity contribution >= 4 is 23.8 Å². The summed E-state index contributed by atoms with van der Waals surface area (Å²) in [5, 5.41) is 12.8. The number of hydrogen-bond acceptors (Lipinski definition) is 4. The first-order valence-electron chi connectivity index (χ1n) is 9.62. The molecule has 1 aliphatic heterocycles. The summed E-state index contributed by atoms with van der Waals surface area (Å²) in [6, 6.07) is 9.25. The SMILES string of the molecule is O=C(CCCN1C(=O)C/C(=C\c2ccccc2)C1=O)N[C@H]1CCCC[C@@H]1O. The average molecular weight is 370 g/mol. The molecule has 2 N–H and O–H groups in total. The second-order valence-corrected chi connectivity index (χ2v) is 7.24. The topological polar surface area (TPSA) is 86.7 Å². The zero-order valence-electron chi connectivity index (χ0n) is 15.4. The number of carbonyl (C=O) groups excluding carboxylic acids is 3. The molecule has 1 saturated carbocycles. The summed E-state index contributed by atoms with van der Waals surface area (Å²) in [6.45, 7) is 0.241. The molecule has 1 aliphatic carbocycles. The Morgan fingerprint density at radius 3 is 2.67 bits per heavy atom. The van der Waals surface area contributed by atoms with Crippen LogP contribution in [0.25, 0.3) is 6.08 Å². The van der Waals surface area contributed by atoms with E-state index in [0.29, 0.717) is 12.0 Å². The fourth-order valence-corrected chi connectivity index (χ4v) is 3.67. The van der Waals surface area contributed by atoms with Crippen LogP contribution in [0.15, 0.2) is 35.9 Å². The normalized spacial score (nSPS) is 24.5. The quantitative estimate of drug-likeness (QED) is 0.593. The van der Waals surface area contributed by atoms with Crippen LogP contribution in [0.1, 0.15) is 50.5 Å². The van der Waals surface area contributed by atoms with Gasteiger partial charge in [-0.3, -0.25) is 19.3 Å². The van der Waals surface area contributed by atoms with Gasteiger partial charge in [-0.05, 0) is 30.9 Å². The Morgan fingerprint density at radius 1 is 1.19 bits per heavy atom. The van der Waals surface area contributed by atoms with Gasteiger partial charge in [-0.15, -0.1) is 0 Å². The maximum absolute atomic E-state index is 12.5. The summed E-state index contributed by atoms with van der Waals surface area (Å²) in [4.78, 5) is 37.9. The molecule has 6 heteroatoms. The second-order valence-electron chi connectivity index (χ2n) is 7.24. The Kier molecular flexibility index (Phi) is 6.40. The molecule has 0 aromatic heterocycles. The fraction of sp³-hybridized carbons (Fsp3) is 0.476. The minimum atomic E-state index is -0.477. The monoisotopic (exact) mass is 370 g/mol. The maximum Gasteiger partial charge on any atom is 0.256 e. The summed E-state index contributed by atoms with van der Waals surface area (Å²) < 4.78 is 0. The lowest BCUT2D eigenvalue weighted by Gasteiger charge is -2.28. The Morgan fingerprint density at radius 2 is 1.93 bits per heavy atom. The molecule has 3 amide bonds. The van der Waals surface area contributed by atoms with Crippen LogP contribution in [-0.2, 0) is 14.4 Å². The standard InChI is InChI=1S/C21H26N2O4/c24-18-10-5-4-9-17(18)22-19(25)11-6-12-23-20(26)14-16(21(23)27)13-15-7-2-1-3-8-15/h1-3,7-8,13,17-18,24H,4-6,9-12,14H2,(H,22,25)/b16-13+/t17-,18-/m0/s1. The van der Waals surface area contributed by atoms with Crippen LogP contribution in [0.4, 0.5) is 0 Å². The van der Waals surface area contributed by atoms with Crippen LogP contribution in [0.2, 0.25) is 0 Å². The van der Waals surface area contributed by atoms with Crippen LogP contribution in [0.3, 0.4) is 0 Å². The van der Waals surface area contributed by atoms with Crippen LogP contribution in [0.5, 0.6) is 0 Å². The molecule has 2 aliphatic rings. The predicted molar refractivity (Wildman–Crippen MR) is 101 cm³/mol. The number of aliphatic hydroxyl groups is 1. The summed E-state index contributed by atoms with van der Waals surface area (Å²) in [6.07, 6.45) is 5.55. The number of hydrogen-bond donors (Lipinski definition) is 2. The first-order chi connectivity index (χ1) is 13.0. The Balaban J connectivity index is 1.48. The number of imide groups is 1. The molecule has 2 atom stereocenters. The zero-order chi connectivity index (χ0) is 19.2. The Bertz CT molecular complexity index is 729. The van der Waals surface area contributed by atoms with E-state index >= 15 is 0 Å². The van der Waals surface area contributed by atoms with Gasteiger partial charge in [0.05, 0.1) is 18.6 Å². The highest BCUT2D eigenvalue weighted by atomic mass is 16.3. The molecule has 0 spiro atoms. The van der Waals surface area contributed by atoms with E-state index in [4.69, 9.17) is 0 Å². The van der Waals surface area contributed by atoms with Gasteiger partial charge in [-0.25, -0.2) is 0 Å². The van der Waals surface area contributed by atoms with Crippen LogP contribution >= 0.6 is 0 Å². The lowest BCUT2D eigenvalue weighted by atomic mass is 9.92. The van der Waals surface area contributed by atoms with Gasteiger partial charge in [-0.2, -0.15) is 0 Å². The van der Waals surface area contributed by atoms with Crippen molar-refractivity contribution in [3.05, 3.63) is 41.5 Å². The number of aliphatic hydroxyl groups excluding tert-OH is 1. The first-order valence-corrected chi connectivity index (χ1v) is 9.62. The molecule has 0 unspecified atom stereocenters. The molecule has 27 heavy (non-hydrogen) atoms. The van der Waals surface area contributed by atoms with E-state index < -0.39 is 6.10 Å². The Hall–Kier alpha value is -2.47. The number of nitrogens with one attached hydrogen (secondary N) is 1. The van der Waals surface area contributed by atoms with Crippen molar-refractivity contribution in [2.45, 2.75) is 57.1 Å². The van der Waals surface area contributed by atoms with Gasteiger partial charge in [0.15, 0.2) is 0 Å². The number of amides is 3. The molecule has 0 bridgehead atoms. The second kappa shape index (κ2) is 8.95. The van der Waals surface area contributed by atoms with Crippen molar-refractivity contribution in [2.24, 2.45) is 0 Å². The maximum atomic E-state index is 12.5. The van der Waals surface area contributed by atoms with Crippen LogP contribution in [0, 0.1) is 0 Å². The van der Waals surface area contributed by atoms with E-state index in [2.05, 4.69) is 5.32 Å². The highest BCUT2D eigenvalue weighted by molar-refractivity contribution is 6.15. The van der Waals surface area contributed by atoms with Crippen LogP contribution < -0.4 is 5.32 Å². The summed E-state index contributed by atoms with van der Waals surface area (Å²) in [5.74, 6) is -0.627. The van der Waals surface area contributed by atoms with E-state index in [-0.39, 0.29) is 43.1 Å². The van der Waals surface area contributed by atoms with Gasteiger partial charge in [-0.1, -0.05) is 43.2 Å². The van der Waals surface area contributed by atoms with Crippen molar-refractivity contribution < 1.29 is 19.5 Å². The van der Waals surface area contributed by atoms with E-state index in [1.165, 1.54) is 4.90 Å². The number of rotatable bonds is 6. The van der Waals surface area contributed by atoms with Crippen molar-refractivity contribution in [3.63, 3.8) is 0 Å². The van der Waals surface area contributed by atoms with Crippen molar-refractivity contribution in [1.29, 1.82) is 0 Å². The van der Waals surface area contributed by atoms with Crippen molar-refractivity contribution in [3.8, 4) is 0 Å². The van der Waals surface area contributed by atoms with E-state index in [1.807, 2.05) is 30.3 Å². The highest BCUT2D eigenvalue weighted by Gasteiger charge is 2.33. The third kappa shape index (κ3) is 5.04. The average Bonchev–Trinajstić information content (AvgIpc) is 2.92. The van der Waals surface area contributed by atoms with E-state index in [9.17, 15) is 19.5 Å². The van der Waals surface area contributed by atoms with Gasteiger partial charge in [0, 0.05) is 18.5 Å². The molecular formula is C21H26N2O4. The van der Waals surface area contributed by atoms with Gasteiger partial charge in [0.25, 0.3) is 5.91 Å². The van der Waals surface area contributed by atoms with Crippen molar-refractivity contribution in [2.75, 3.05) is 6.54 Å². The molecular weight excluding hydrogens is 344 g/mol. The summed E-state index contributed by atoms with van der Waals surface area (Å²) >= 11 is 0. The van der Waals surface area contributed by atoms with Gasteiger partial charge >= 0.3 is 0 Å². The number of likely N-dealkylation sites (tertiary alicyclic amines) is 1. The zero-order valence-corrected chi connectivity index (χ0v) is 15.4. The number of carbonyl (C=O) groups is 3. The number of nitrogens with zero attached hydrogens (tertiary/aromatic N) is 1. The van der Waals surface area contributed by atoms with E-state index in [0.717, 1.165) is 31.2 Å². The molecule has 2 fully saturated rings. The van der Waals surface area contributed by atoms with Crippen molar-refractivity contribution in [1.82, 2.24) is 10.2 Å². The largest absolute Gasteiger partial charge is 0.391 e. The molecule has 1 aromatic carbocycles. The molecule has 1 aromatic rings. The smallest absolute Gasteiger partial charge is 0.256 e. The minimum absolute atomic E-state index is 0.105.